The van der Waals surface area contributed by atoms with Crippen LogP contribution in [0.3, 0.4) is 0 Å². The van der Waals surface area contributed by atoms with Crippen LogP contribution in [-0.2, 0) is 13.2 Å². The third-order valence-corrected chi connectivity index (χ3v) is 3.03. The molecule has 0 saturated heterocycles. The fourth-order valence-electron chi connectivity index (χ4n) is 1.91. The third kappa shape index (κ3) is 3.34. The van der Waals surface area contributed by atoms with Gasteiger partial charge in [-0.15, -0.1) is 0 Å². The van der Waals surface area contributed by atoms with Gasteiger partial charge in [-0.3, -0.25) is 0 Å². The molecule has 0 bridgehead atoms. The van der Waals surface area contributed by atoms with Crippen molar-refractivity contribution in [3.8, 4) is 11.8 Å². The monoisotopic (exact) mass is 270 g/mol. The number of ether oxygens (including phenoxy) is 1. The normalized spacial score (nSPS) is 10.1. The Morgan fingerprint density at radius 2 is 2.05 bits per heavy atom. The molecule has 0 aliphatic heterocycles. The van der Waals surface area contributed by atoms with E-state index in [2.05, 4.69) is 6.07 Å². The number of nitriles is 1. The summed E-state index contributed by atoms with van der Waals surface area (Å²) < 4.78 is 18.9. The highest BCUT2D eigenvalue weighted by Gasteiger charge is 2.04. The van der Waals surface area contributed by atoms with E-state index < -0.39 is 0 Å². The first-order valence-electron chi connectivity index (χ1n) is 6.24. The largest absolute Gasteiger partial charge is 0.489 e. The van der Waals surface area contributed by atoms with Crippen LogP contribution in [0.25, 0.3) is 0 Å². The van der Waals surface area contributed by atoms with Gasteiger partial charge in [-0.05, 0) is 47.9 Å². The SMILES string of the molecule is Cc1cc(C#N)ccc1COc1cc(F)cc(CN)c1. The number of hydrogen-bond donors (Lipinski definition) is 1. The molecular weight excluding hydrogens is 255 g/mol. The van der Waals surface area contributed by atoms with Gasteiger partial charge < -0.3 is 10.5 Å². The summed E-state index contributed by atoms with van der Waals surface area (Å²) in [5, 5.41) is 8.81. The van der Waals surface area contributed by atoms with Gasteiger partial charge in [0.15, 0.2) is 0 Å². The van der Waals surface area contributed by atoms with Gasteiger partial charge in [0.1, 0.15) is 18.2 Å². The number of hydrogen-bond acceptors (Lipinski definition) is 3. The molecule has 0 spiro atoms. The molecule has 20 heavy (non-hydrogen) atoms. The molecule has 0 aliphatic carbocycles. The average molecular weight is 270 g/mol. The summed E-state index contributed by atoms with van der Waals surface area (Å²) >= 11 is 0. The third-order valence-electron chi connectivity index (χ3n) is 3.03. The second-order valence-corrected chi connectivity index (χ2v) is 4.54. The first kappa shape index (κ1) is 14.0. The lowest BCUT2D eigenvalue weighted by molar-refractivity contribution is 0.303. The molecule has 0 saturated carbocycles. The summed E-state index contributed by atoms with van der Waals surface area (Å²) in [5.74, 6) is 0.0914. The predicted molar refractivity (Wildman–Crippen MR) is 74.5 cm³/mol. The Balaban J connectivity index is 2.13. The van der Waals surface area contributed by atoms with E-state index in [9.17, 15) is 4.39 Å². The van der Waals surface area contributed by atoms with E-state index in [1.165, 1.54) is 12.1 Å². The molecular formula is C16H15FN2O. The zero-order valence-electron chi connectivity index (χ0n) is 11.2. The van der Waals surface area contributed by atoms with E-state index in [0.29, 0.717) is 23.5 Å². The summed E-state index contributed by atoms with van der Waals surface area (Å²) in [6.45, 7) is 2.51. The quantitative estimate of drug-likeness (QED) is 0.929. The molecule has 0 radical (unpaired) electrons. The lowest BCUT2D eigenvalue weighted by Gasteiger charge is -2.10. The second kappa shape index (κ2) is 6.18. The van der Waals surface area contributed by atoms with Crippen LogP contribution in [0.2, 0.25) is 0 Å². The molecule has 4 heteroatoms. The van der Waals surface area contributed by atoms with E-state index >= 15 is 0 Å². The van der Waals surface area contributed by atoms with Crippen molar-refractivity contribution in [1.82, 2.24) is 0 Å². The second-order valence-electron chi connectivity index (χ2n) is 4.54. The number of nitrogens with two attached hydrogens (primary N) is 1. The van der Waals surface area contributed by atoms with Crippen molar-refractivity contribution in [1.29, 1.82) is 5.26 Å². The van der Waals surface area contributed by atoms with Gasteiger partial charge in [-0.2, -0.15) is 5.26 Å². The molecule has 2 aromatic rings. The van der Waals surface area contributed by atoms with Gasteiger partial charge in [0.25, 0.3) is 0 Å². The minimum Gasteiger partial charge on any atom is -0.489 e. The van der Waals surface area contributed by atoms with E-state index in [4.69, 9.17) is 15.7 Å². The zero-order chi connectivity index (χ0) is 14.5. The Bertz CT molecular complexity index is 662. The first-order chi connectivity index (χ1) is 9.62. The first-order valence-corrected chi connectivity index (χ1v) is 6.24. The van der Waals surface area contributed by atoms with Crippen LogP contribution in [-0.4, -0.2) is 0 Å². The van der Waals surface area contributed by atoms with Crippen LogP contribution in [0.1, 0.15) is 22.3 Å². The number of benzene rings is 2. The van der Waals surface area contributed by atoms with Gasteiger partial charge >= 0.3 is 0 Å². The van der Waals surface area contributed by atoms with Gasteiger partial charge in [0.2, 0.25) is 0 Å². The summed E-state index contributed by atoms with van der Waals surface area (Å²) in [7, 11) is 0. The molecule has 3 nitrogen and oxygen atoms in total. The topological polar surface area (TPSA) is 59.0 Å². The number of rotatable bonds is 4. The molecule has 0 heterocycles. The van der Waals surface area contributed by atoms with Gasteiger partial charge in [-0.1, -0.05) is 6.07 Å². The van der Waals surface area contributed by atoms with Crippen LogP contribution in [0.5, 0.6) is 5.75 Å². The highest BCUT2D eigenvalue weighted by Crippen LogP contribution is 2.19. The zero-order valence-corrected chi connectivity index (χ0v) is 11.2. The van der Waals surface area contributed by atoms with Gasteiger partial charge in [-0.25, -0.2) is 4.39 Å². The molecule has 0 fully saturated rings. The molecule has 0 amide bonds. The standard InChI is InChI=1S/C16H15FN2O/c1-11-4-12(8-18)2-3-14(11)10-20-16-6-13(9-19)5-15(17)7-16/h2-7H,9-10,19H2,1H3. The summed E-state index contributed by atoms with van der Waals surface area (Å²) in [5.41, 5.74) is 8.74. The Hall–Kier alpha value is -2.38. The minimum atomic E-state index is -0.362. The van der Waals surface area contributed by atoms with Crippen molar-refractivity contribution in [2.75, 3.05) is 0 Å². The van der Waals surface area contributed by atoms with Crippen molar-refractivity contribution in [3.63, 3.8) is 0 Å². The van der Waals surface area contributed by atoms with Crippen molar-refractivity contribution < 1.29 is 9.13 Å². The summed E-state index contributed by atoms with van der Waals surface area (Å²) in [6, 6.07) is 11.9. The lowest BCUT2D eigenvalue weighted by Crippen LogP contribution is -2.01. The molecule has 2 rings (SSSR count). The molecule has 102 valence electrons. The van der Waals surface area contributed by atoms with Crippen molar-refractivity contribution >= 4 is 0 Å². The fourth-order valence-corrected chi connectivity index (χ4v) is 1.91. The number of aryl methyl sites for hydroxylation is 1. The average Bonchev–Trinajstić information content (AvgIpc) is 2.45. The molecule has 0 atom stereocenters. The number of halogens is 1. The van der Waals surface area contributed by atoms with Crippen LogP contribution in [0.15, 0.2) is 36.4 Å². The van der Waals surface area contributed by atoms with Crippen molar-refractivity contribution in [2.24, 2.45) is 5.73 Å². The molecule has 2 aromatic carbocycles. The van der Waals surface area contributed by atoms with E-state index in [-0.39, 0.29) is 12.4 Å². The van der Waals surface area contributed by atoms with Crippen molar-refractivity contribution in [3.05, 3.63) is 64.5 Å². The predicted octanol–water partition coefficient (Wildman–Crippen LogP) is 3.04. The van der Waals surface area contributed by atoms with Crippen molar-refractivity contribution in [2.45, 2.75) is 20.1 Å². The van der Waals surface area contributed by atoms with E-state index in [0.717, 1.165) is 11.1 Å². The Kier molecular flexibility index (Phi) is 4.34. The maximum Gasteiger partial charge on any atom is 0.127 e. The molecule has 0 aromatic heterocycles. The minimum absolute atomic E-state index is 0.268. The Labute approximate surface area is 117 Å². The lowest BCUT2D eigenvalue weighted by atomic mass is 10.1. The van der Waals surface area contributed by atoms with Gasteiger partial charge in [0, 0.05) is 12.6 Å². The highest BCUT2D eigenvalue weighted by molar-refractivity contribution is 5.37. The number of nitrogens with zero attached hydrogens (tertiary/aromatic N) is 1. The highest BCUT2D eigenvalue weighted by atomic mass is 19.1. The fraction of sp³-hybridized carbons (Fsp3) is 0.188. The smallest absolute Gasteiger partial charge is 0.127 e. The van der Waals surface area contributed by atoms with Crippen LogP contribution in [0.4, 0.5) is 4.39 Å². The van der Waals surface area contributed by atoms with Crippen LogP contribution < -0.4 is 10.5 Å². The van der Waals surface area contributed by atoms with Gasteiger partial charge in [0.05, 0.1) is 11.6 Å². The van der Waals surface area contributed by atoms with E-state index in [1.54, 1.807) is 18.2 Å². The maximum absolute atomic E-state index is 13.3. The Morgan fingerprint density at radius 3 is 2.70 bits per heavy atom. The summed E-state index contributed by atoms with van der Waals surface area (Å²) in [4.78, 5) is 0. The molecule has 2 N–H and O–H groups in total. The van der Waals surface area contributed by atoms with E-state index in [1.807, 2.05) is 13.0 Å². The maximum atomic E-state index is 13.3. The van der Waals surface area contributed by atoms with Crippen LogP contribution in [0, 0.1) is 24.1 Å². The molecule has 0 aliphatic rings. The molecule has 0 unspecified atom stereocenters. The van der Waals surface area contributed by atoms with Crippen LogP contribution >= 0.6 is 0 Å². The Morgan fingerprint density at radius 1 is 1.25 bits per heavy atom. The summed E-state index contributed by atoms with van der Waals surface area (Å²) in [6.07, 6.45) is 0.